The molecule has 192 valence electrons. The second-order valence-electron chi connectivity index (χ2n) is 10.5. The zero-order valence-electron chi connectivity index (χ0n) is 21.7. The Hall–Kier alpha value is -4.41. The molecule has 2 aliphatic rings. The summed E-state index contributed by atoms with van der Waals surface area (Å²) in [7, 11) is 0. The number of fused-ring (bicyclic) bond motifs is 6. The lowest BCUT2D eigenvalue weighted by molar-refractivity contribution is 0.260. The number of nitrogens with one attached hydrogen (secondary N) is 1. The van der Waals surface area contributed by atoms with E-state index in [9.17, 15) is 0 Å². The van der Waals surface area contributed by atoms with Crippen LogP contribution in [0.5, 0.6) is 5.75 Å². The Labute approximate surface area is 241 Å². The molecule has 0 amide bonds. The SMILES string of the molecule is Brc1ccc(-c2nc3cc(-c4ccc5c(c4)C=CCC5)ccc3c3c4c(ccc23)OC(c2ccccc2)N4)cc1. The predicted molar refractivity (Wildman–Crippen MR) is 169 cm³/mol. The quantitative estimate of drug-likeness (QED) is 0.211. The Morgan fingerprint density at radius 1 is 0.775 bits per heavy atom. The van der Waals surface area contributed by atoms with Gasteiger partial charge in [-0.15, -0.1) is 0 Å². The van der Waals surface area contributed by atoms with E-state index in [4.69, 9.17) is 9.72 Å². The summed E-state index contributed by atoms with van der Waals surface area (Å²) in [5, 5.41) is 7.04. The van der Waals surface area contributed by atoms with E-state index in [1.165, 1.54) is 22.3 Å². The van der Waals surface area contributed by atoms with Crippen molar-refractivity contribution in [2.45, 2.75) is 19.1 Å². The number of nitrogens with zero attached hydrogens (tertiary/aromatic N) is 1. The minimum atomic E-state index is -0.232. The number of allylic oxidation sites excluding steroid dienone is 1. The minimum Gasteiger partial charge on any atom is -0.464 e. The highest BCUT2D eigenvalue weighted by atomic mass is 79.9. The molecule has 0 fully saturated rings. The van der Waals surface area contributed by atoms with E-state index in [-0.39, 0.29) is 6.23 Å². The molecule has 1 aliphatic heterocycles. The van der Waals surface area contributed by atoms with Crippen LogP contribution in [-0.4, -0.2) is 4.98 Å². The second-order valence-corrected chi connectivity index (χ2v) is 11.4. The molecule has 2 heterocycles. The monoisotopic (exact) mass is 580 g/mol. The third-order valence-electron chi connectivity index (χ3n) is 8.02. The van der Waals surface area contributed by atoms with Crippen molar-refractivity contribution in [3.05, 3.63) is 130 Å². The largest absolute Gasteiger partial charge is 0.464 e. The topological polar surface area (TPSA) is 34.1 Å². The number of anilines is 1. The molecule has 0 spiro atoms. The lowest BCUT2D eigenvalue weighted by Crippen LogP contribution is -2.09. The van der Waals surface area contributed by atoms with Crippen LogP contribution in [0, 0.1) is 0 Å². The third-order valence-corrected chi connectivity index (χ3v) is 8.55. The van der Waals surface area contributed by atoms with Gasteiger partial charge in [-0.05, 0) is 71.5 Å². The van der Waals surface area contributed by atoms with Crippen LogP contribution in [-0.2, 0) is 6.42 Å². The summed E-state index contributed by atoms with van der Waals surface area (Å²) in [5.41, 5.74) is 10.2. The molecule has 8 rings (SSSR count). The fraction of sp³-hybridized carbons (Fsp3) is 0.0833. The van der Waals surface area contributed by atoms with Crippen LogP contribution in [0.2, 0.25) is 0 Å². The van der Waals surface area contributed by atoms with E-state index < -0.39 is 0 Å². The van der Waals surface area contributed by atoms with Crippen LogP contribution in [0.25, 0.3) is 50.1 Å². The minimum absolute atomic E-state index is 0.232. The van der Waals surface area contributed by atoms with Crippen molar-refractivity contribution >= 4 is 49.4 Å². The third kappa shape index (κ3) is 3.90. The number of ether oxygens (including phenoxy) is 1. The first-order valence-corrected chi connectivity index (χ1v) is 14.4. The van der Waals surface area contributed by atoms with Crippen LogP contribution >= 0.6 is 15.9 Å². The number of aryl methyl sites for hydroxylation is 1. The maximum absolute atomic E-state index is 6.41. The summed E-state index contributed by atoms with van der Waals surface area (Å²) < 4.78 is 7.46. The summed E-state index contributed by atoms with van der Waals surface area (Å²) in [5.74, 6) is 0.862. The molecular weight excluding hydrogens is 556 g/mol. The van der Waals surface area contributed by atoms with Crippen LogP contribution in [0.1, 0.15) is 29.3 Å². The molecule has 1 atom stereocenters. The van der Waals surface area contributed by atoms with Crippen molar-refractivity contribution in [3.8, 4) is 28.1 Å². The van der Waals surface area contributed by atoms with Gasteiger partial charge in [-0.3, -0.25) is 0 Å². The average Bonchev–Trinajstić information content (AvgIpc) is 3.46. The smallest absolute Gasteiger partial charge is 0.196 e. The van der Waals surface area contributed by atoms with Crippen LogP contribution in [0.3, 0.4) is 0 Å². The number of aromatic nitrogens is 1. The lowest BCUT2D eigenvalue weighted by atomic mass is 9.92. The van der Waals surface area contributed by atoms with Gasteiger partial charge in [0.15, 0.2) is 6.23 Å². The Bertz CT molecular complexity index is 1960. The Morgan fingerprint density at radius 2 is 1.55 bits per heavy atom. The molecule has 0 saturated carbocycles. The van der Waals surface area contributed by atoms with Crippen molar-refractivity contribution in [2.24, 2.45) is 0 Å². The molecule has 3 nitrogen and oxygen atoms in total. The van der Waals surface area contributed by atoms with Gasteiger partial charge in [0, 0.05) is 31.8 Å². The summed E-state index contributed by atoms with van der Waals surface area (Å²) in [6, 6.07) is 36.4. The molecule has 1 aliphatic carbocycles. The zero-order chi connectivity index (χ0) is 26.6. The van der Waals surface area contributed by atoms with Crippen molar-refractivity contribution in [2.75, 3.05) is 5.32 Å². The number of hydrogen-bond acceptors (Lipinski definition) is 3. The van der Waals surface area contributed by atoms with Gasteiger partial charge in [0.2, 0.25) is 0 Å². The number of halogens is 1. The standard InChI is InChI=1S/C36H25BrN2O/c37-28-15-12-23(13-16-28)34-30-18-19-32-35(39-36(40-32)24-7-2-1-3-8-24)33(30)29-17-14-27(21-31(29)38-34)26-11-10-22-6-4-5-9-25(22)20-26/h1-3,5,7-21,36,39H,4,6H2. The molecule has 4 heteroatoms. The second kappa shape index (κ2) is 9.35. The number of rotatable bonds is 3. The fourth-order valence-corrected chi connectivity index (χ4v) is 6.26. The van der Waals surface area contributed by atoms with Crippen LogP contribution in [0.4, 0.5) is 5.69 Å². The Balaban J connectivity index is 1.35. The van der Waals surface area contributed by atoms with Gasteiger partial charge < -0.3 is 10.1 Å². The molecule has 5 aromatic carbocycles. The highest BCUT2D eigenvalue weighted by Gasteiger charge is 2.27. The summed E-state index contributed by atoms with van der Waals surface area (Å²) >= 11 is 3.59. The molecule has 40 heavy (non-hydrogen) atoms. The van der Waals surface area contributed by atoms with Gasteiger partial charge in [-0.25, -0.2) is 4.98 Å². The molecule has 1 N–H and O–H groups in total. The molecular formula is C36H25BrN2O. The van der Waals surface area contributed by atoms with Gasteiger partial charge in [0.05, 0.1) is 16.9 Å². The van der Waals surface area contributed by atoms with E-state index >= 15 is 0 Å². The van der Waals surface area contributed by atoms with Crippen molar-refractivity contribution in [1.82, 2.24) is 4.98 Å². The van der Waals surface area contributed by atoms with Gasteiger partial charge in [0.1, 0.15) is 5.75 Å². The Kier molecular flexibility index (Phi) is 5.49. The van der Waals surface area contributed by atoms with Gasteiger partial charge >= 0.3 is 0 Å². The zero-order valence-corrected chi connectivity index (χ0v) is 23.3. The fourth-order valence-electron chi connectivity index (χ4n) is 6.00. The summed E-state index contributed by atoms with van der Waals surface area (Å²) in [4.78, 5) is 5.28. The van der Waals surface area contributed by atoms with E-state index in [0.29, 0.717) is 0 Å². The molecule has 0 bridgehead atoms. The van der Waals surface area contributed by atoms with Gasteiger partial charge in [-0.2, -0.15) is 0 Å². The maximum Gasteiger partial charge on any atom is 0.196 e. The maximum atomic E-state index is 6.41. The first kappa shape index (κ1) is 23.5. The van der Waals surface area contributed by atoms with E-state index in [0.717, 1.165) is 67.2 Å². The van der Waals surface area contributed by atoms with Crippen molar-refractivity contribution < 1.29 is 4.74 Å². The average molecular weight is 582 g/mol. The number of pyridine rings is 1. The molecule has 0 saturated heterocycles. The van der Waals surface area contributed by atoms with Crippen LogP contribution in [0.15, 0.2) is 114 Å². The van der Waals surface area contributed by atoms with E-state index in [1.807, 2.05) is 18.2 Å². The van der Waals surface area contributed by atoms with Crippen molar-refractivity contribution in [1.29, 1.82) is 0 Å². The van der Waals surface area contributed by atoms with Crippen molar-refractivity contribution in [3.63, 3.8) is 0 Å². The first-order valence-electron chi connectivity index (χ1n) is 13.7. The molecule has 1 unspecified atom stereocenters. The van der Waals surface area contributed by atoms with E-state index in [1.54, 1.807) is 0 Å². The van der Waals surface area contributed by atoms with Gasteiger partial charge in [0.25, 0.3) is 0 Å². The highest BCUT2D eigenvalue weighted by Crippen LogP contribution is 2.47. The lowest BCUT2D eigenvalue weighted by Gasteiger charge is -2.15. The number of hydrogen-bond donors (Lipinski definition) is 1. The van der Waals surface area contributed by atoms with Gasteiger partial charge in [-0.1, -0.05) is 94.8 Å². The normalized spacial score (nSPS) is 15.5. The highest BCUT2D eigenvalue weighted by molar-refractivity contribution is 9.10. The molecule has 0 radical (unpaired) electrons. The first-order chi connectivity index (χ1) is 19.7. The summed E-state index contributed by atoms with van der Waals surface area (Å²) in [6.45, 7) is 0. The van der Waals surface area contributed by atoms with Crippen LogP contribution < -0.4 is 10.1 Å². The molecule has 6 aromatic rings. The Morgan fingerprint density at radius 3 is 2.42 bits per heavy atom. The predicted octanol–water partition coefficient (Wildman–Crippen LogP) is 9.95. The van der Waals surface area contributed by atoms with E-state index in [2.05, 4.69) is 118 Å². The summed E-state index contributed by atoms with van der Waals surface area (Å²) in [6.07, 6.45) is 6.51. The molecule has 1 aromatic heterocycles. The number of benzene rings is 5.